The summed E-state index contributed by atoms with van der Waals surface area (Å²) in [6.07, 6.45) is 0. The van der Waals surface area contributed by atoms with E-state index in [1.807, 2.05) is 48.5 Å². The summed E-state index contributed by atoms with van der Waals surface area (Å²) < 4.78 is 11.7. The van der Waals surface area contributed by atoms with Gasteiger partial charge >= 0.3 is 0 Å². The van der Waals surface area contributed by atoms with E-state index in [1.54, 1.807) is 14.0 Å². The first-order valence-corrected chi connectivity index (χ1v) is 20.6. The predicted octanol–water partition coefficient (Wildman–Crippen LogP) is 14.0. The predicted molar refractivity (Wildman–Crippen MR) is 247 cm³/mol. The average molecular weight is 775 g/mol. The third-order valence-corrected chi connectivity index (χ3v) is 12.8. The molecule has 1 aliphatic carbocycles. The van der Waals surface area contributed by atoms with Gasteiger partial charge in [0.1, 0.15) is 22.8 Å². The van der Waals surface area contributed by atoms with Crippen LogP contribution in [0.3, 0.4) is 0 Å². The molecule has 1 atom stereocenters. The van der Waals surface area contributed by atoms with E-state index in [2.05, 4.69) is 153 Å². The Morgan fingerprint density at radius 2 is 0.833 bits per heavy atom. The monoisotopic (exact) mass is 774 g/mol. The van der Waals surface area contributed by atoms with E-state index in [9.17, 15) is 5.11 Å². The van der Waals surface area contributed by atoms with Crippen LogP contribution in [0.5, 0.6) is 17.2 Å². The van der Waals surface area contributed by atoms with Crippen molar-refractivity contribution in [1.82, 2.24) is 0 Å². The smallest absolute Gasteiger partial charge is 0.128 e. The van der Waals surface area contributed by atoms with Crippen LogP contribution >= 0.6 is 0 Å². The molecule has 0 spiro atoms. The zero-order chi connectivity index (χ0) is 40.6. The van der Waals surface area contributed by atoms with Gasteiger partial charge in [0.2, 0.25) is 0 Å². The van der Waals surface area contributed by atoms with Crippen molar-refractivity contribution in [2.75, 3.05) is 7.11 Å². The SMILES string of the molecule is COc1ccc(C(C)(O)c2ccc(Oc3ccc4cc(C5(c6ccc7cc(C)ccc7c6)c6cc7ccccc7cc6-c6cc7ccccc7cc65)ccc4c3)cc2)cc1. The highest BCUT2D eigenvalue weighted by Crippen LogP contribution is 2.58. The van der Waals surface area contributed by atoms with Gasteiger partial charge in [0.05, 0.1) is 12.5 Å². The fourth-order valence-electron chi connectivity index (χ4n) is 9.67. The molecule has 1 N–H and O–H groups in total. The summed E-state index contributed by atoms with van der Waals surface area (Å²) in [7, 11) is 1.64. The van der Waals surface area contributed by atoms with Gasteiger partial charge in [-0.15, -0.1) is 0 Å². The van der Waals surface area contributed by atoms with Crippen LogP contribution in [0.4, 0.5) is 0 Å². The zero-order valence-electron chi connectivity index (χ0n) is 33.7. The third-order valence-electron chi connectivity index (χ3n) is 12.8. The third kappa shape index (κ3) is 5.69. The zero-order valence-corrected chi connectivity index (χ0v) is 33.7. The van der Waals surface area contributed by atoms with Gasteiger partial charge in [0, 0.05) is 0 Å². The second kappa shape index (κ2) is 13.7. The summed E-state index contributed by atoms with van der Waals surface area (Å²) in [6, 6.07) is 69.5. The van der Waals surface area contributed by atoms with Crippen molar-refractivity contribution >= 4 is 43.1 Å². The van der Waals surface area contributed by atoms with Crippen molar-refractivity contribution < 1.29 is 14.6 Å². The summed E-state index contributed by atoms with van der Waals surface area (Å²) in [5, 5.41) is 21.1. The molecule has 60 heavy (non-hydrogen) atoms. The van der Waals surface area contributed by atoms with Crippen molar-refractivity contribution in [2.45, 2.75) is 24.9 Å². The Balaban J connectivity index is 1.04. The molecule has 10 aromatic carbocycles. The van der Waals surface area contributed by atoms with Crippen LogP contribution in [0.1, 0.15) is 45.9 Å². The Kier molecular flexibility index (Phi) is 8.20. The molecular weight excluding hydrogens is 733 g/mol. The van der Waals surface area contributed by atoms with E-state index in [4.69, 9.17) is 9.47 Å². The number of ether oxygens (including phenoxy) is 2. The number of benzene rings is 10. The molecule has 0 aromatic heterocycles. The van der Waals surface area contributed by atoms with Crippen LogP contribution in [0.15, 0.2) is 194 Å². The minimum absolute atomic E-state index is 0.587. The van der Waals surface area contributed by atoms with Crippen molar-refractivity contribution in [3.8, 4) is 28.4 Å². The lowest BCUT2D eigenvalue weighted by molar-refractivity contribution is 0.102. The van der Waals surface area contributed by atoms with Gasteiger partial charge < -0.3 is 14.6 Å². The van der Waals surface area contributed by atoms with E-state index in [0.717, 1.165) is 33.4 Å². The Bertz CT molecular complexity index is 3220. The Labute approximate surface area is 349 Å². The molecule has 0 amide bonds. The number of fused-ring (bicyclic) bond motifs is 7. The number of hydrogen-bond donors (Lipinski definition) is 1. The molecule has 288 valence electrons. The minimum atomic E-state index is -1.17. The first-order valence-electron chi connectivity index (χ1n) is 20.6. The summed E-state index contributed by atoms with van der Waals surface area (Å²) in [5.41, 5.74) is 8.68. The lowest BCUT2D eigenvalue weighted by atomic mass is 9.66. The standard InChI is InChI=1S/C57H42O3/c1-36-12-13-42-29-47(17-14-41(42)28-36)57(54-34-39-10-6-4-8-37(39)32-52(54)53-33-38-9-5-7-11-40(38)35-55(53)57)48-18-15-44-31-51(23-16-43(44)30-48)60-50-26-21-46(22-27-50)56(2,58)45-19-24-49(59-3)25-20-45/h4-35,58H,1-3H3. The average Bonchev–Trinajstić information content (AvgIpc) is 3.55. The van der Waals surface area contributed by atoms with E-state index in [0.29, 0.717) is 5.75 Å². The van der Waals surface area contributed by atoms with Crippen molar-refractivity contribution in [2.24, 2.45) is 0 Å². The molecule has 0 bridgehead atoms. The molecule has 0 aliphatic heterocycles. The van der Waals surface area contributed by atoms with Gasteiger partial charge in [-0.2, -0.15) is 0 Å². The van der Waals surface area contributed by atoms with Crippen molar-refractivity contribution in [3.05, 3.63) is 233 Å². The van der Waals surface area contributed by atoms with Crippen LogP contribution in [-0.2, 0) is 11.0 Å². The number of aliphatic hydroxyl groups is 1. The normalized spacial score (nSPS) is 13.9. The van der Waals surface area contributed by atoms with Crippen molar-refractivity contribution in [3.63, 3.8) is 0 Å². The number of hydrogen-bond acceptors (Lipinski definition) is 3. The maximum atomic E-state index is 11.5. The largest absolute Gasteiger partial charge is 0.497 e. The van der Waals surface area contributed by atoms with Gasteiger partial charge in [-0.3, -0.25) is 0 Å². The minimum Gasteiger partial charge on any atom is -0.497 e. The van der Waals surface area contributed by atoms with Crippen molar-refractivity contribution in [1.29, 1.82) is 0 Å². The molecule has 3 heteroatoms. The second-order valence-corrected chi connectivity index (χ2v) is 16.5. The molecule has 3 nitrogen and oxygen atoms in total. The molecule has 0 saturated heterocycles. The van der Waals surface area contributed by atoms with Gasteiger partial charge in [0.15, 0.2) is 0 Å². The summed E-state index contributed by atoms with van der Waals surface area (Å²) in [6.45, 7) is 3.97. The maximum Gasteiger partial charge on any atom is 0.128 e. The second-order valence-electron chi connectivity index (χ2n) is 16.5. The van der Waals surface area contributed by atoms with Crippen LogP contribution in [0.25, 0.3) is 54.2 Å². The number of methoxy groups -OCH3 is 1. The number of aryl methyl sites for hydroxylation is 1. The number of rotatable bonds is 7. The summed E-state index contributed by atoms with van der Waals surface area (Å²) in [4.78, 5) is 0. The maximum absolute atomic E-state index is 11.5. The quantitative estimate of drug-likeness (QED) is 0.175. The summed E-state index contributed by atoms with van der Waals surface area (Å²) in [5.74, 6) is 2.20. The van der Waals surface area contributed by atoms with Crippen LogP contribution in [0.2, 0.25) is 0 Å². The van der Waals surface area contributed by atoms with Crippen LogP contribution < -0.4 is 9.47 Å². The van der Waals surface area contributed by atoms with E-state index in [1.165, 1.54) is 71.3 Å². The molecule has 1 aliphatic rings. The lowest BCUT2D eigenvalue weighted by Gasteiger charge is -2.34. The van der Waals surface area contributed by atoms with Gasteiger partial charge in [-0.05, 0) is 174 Å². The molecule has 0 fully saturated rings. The summed E-state index contributed by atoms with van der Waals surface area (Å²) >= 11 is 0. The highest BCUT2D eigenvalue weighted by molar-refractivity contribution is 6.01. The highest BCUT2D eigenvalue weighted by atomic mass is 16.5. The molecule has 0 radical (unpaired) electrons. The van der Waals surface area contributed by atoms with Crippen LogP contribution in [-0.4, -0.2) is 12.2 Å². The lowest BCUT2D eigenvalue weighted by Crippen LogP contribution is -2.28. The molecule has 0 saturated carbocycles. The Morgan fingerprint density at radius 3 is 1.37 bits per heavy atom. The first kappa shape index (κ1) is 35.9. The topological polar surface area (TPSA) is 38.7 Å². The van der Waals surface area contributed by atoms with Crippen LogP contribution in [0, 0.1) is 6.92 Å². The fraction of sp³-hybridized carbons (Fsp3) is 0.0877. The highest BCUT2D eigenvalue weighted by Gasteiger charge is 2.47. The Hall–Kier alpha value is -7.20. The molecule has 1 unspecified atom stereocenters. The van der Waals surface area contributed by atoms with E-state index in [-0.39, 0.29) is 0 Å². The van der Waals surface area contributed by atoms with Gasteiger partial charge in [0.25, 0.3) is 0 Å². The first-order chi connectivity index (χ1) is 29.3. The molecule has 11 rings (SSSR count). The molecular formula is C57H42O3. The van der Waals surface area contributed by atoms with Gasteiger partial charge in [-0.25, -0.2) is 0 Å². The fourth-order valence-corrected chi connectivity index (χ4v) is 9.67. The van der Waals surface area contributed by atoms with Gasteiger partial charge in [-0.1, -0.05) is 127 Å². The van der Waals surface area contributed by atoms with E-state index < -0.39 is 11.0 Å². The molecule has 0 heterocycles. The van der Waals surface area contributed by atoms with E-state index >= 15 is 0 Å². The molecule has 10 aromatic rings. The Morgan fingerprint density at radius 1 is 0.417 bits per heavy atom.